The number of aromatic nitrogens is 5. The van der Waals surface area contributed by atoms with E-state index < -0.39 is 6.04 Å². The molecule has 2 aliphatic heterocycles. The Kier molecular flexibility index (Phi) is 6.37. The van der Waals surface area contributed by atoms with Crippen LogP contribution in [0.1, 0.15) is 50.2 Å². The Labute approximate surface area is 221 Å². The minimum absolute atomic E-state index is 0.156. The smallest absolute Gasteiger partial charge is 0.253 e. The molecule has 4 aromatic rings. The average Bonchev–Trinajstić information content (AvgIpc) is 3.60. The highest BCUT2D eigenvalue weighted by atomic mass is 16.7. The van der Waals surface area contributed by atoms with Gasteiger partial charge in [-0.2, -0.15) is 0 Å². The van der Waals surface area contributed by atoms with E-state index in [9.17, 15) is 4.79 Å². The lowest BCUT2D eigenvalue weighted by atomic mass is 9.98. The molecule has 1 atom stereocenters. The highest BCUT2D eigenvalue weighted by molar-refractivity contribution is 5.83. The highest BCUT2D eigenvalue weighted by Gasteiger charge is 2.35. The maximum atomic E-state index is 13.6. The predicted octanol–water partition coefficient (Wildman–Crippen LogP) is 3.30. The molecule has 1 fully saturated rings. The van der Waals surface area contributed by atoms with Crippen molar-refractivity contribution >= 4 is 10.9 Å². The van der Waals surface area contributed by atoms with Gasteiger partial charge in [-0.3, -0.25) is 14.6 Å². The Balaban J connectivity index is 1.38. The molecule has 198 valence electrons. The molecule has 0 amide bonds. The van der Waals surface area contributed by atoms with Gasteiger partial charge in [0.2, 0.25) is 6.79 Å². The second-order valence-corrected chi connectivity index (χ2v) is 10.7. The van der Waals surface area contributed by atoms with E-state index in [0.29, 0.717) is 28.4 Å². The zero-order valence-electron chi connectivity index (χ0n) is 22.1. The lowest BCUT2D eigenvalue weighted by Gasteiger charge is -2.39. The molecule has 1 saturated heterocycles. The van der Waals surface area contributed by atoms with Crippen molar-refractivity contribution in [3.8, 4) is 11.5 Å². The number of hydrogen-bond acceptors (Lipinski definition) is 8. The Bertz CT molecular complexity index is 1490. The number of benzene rings is 2. The van der Waals surface area contributed by atoms with E-state index in [1.54, 1.807) is 0 Å². The SMILES string of the molecule is CCC(C)(C)n1nnnc1C(c1cc2cc3c(cc2[nH]c1=O)OCO3)N1CCN(Cc2ccccc2)CC1. The number of pyridine rings is 1. The van der Waals surface area contributed by atoms with Gasteiger partial charge in [0.15, 0.2) is 17.3 Å². The molecule has 4 heterocycles. The Morgan fingerprint density at radius 3 is 2.50 bits per heavy atom. The third-order valence-electron chi connectivity index (χ3n) is 7.86. The van der Waals surface area contributed by atoms with Crippen LogP contribution in [-0.2, 0) is 12.1 Å². The molecule has 6 rings (SSSR count). The van der Waals surface area contributed by atoms with Crippen molar-refractivity contribution in [2.75, 3.05) is 33.0 Å². The zero-order chi connectivity index (χ0) is 26.3. The van der Waals surface area contributed by atoms with Gasteiger partial charge in [-0.25, -0.2) is 4.68 Å². The van der Waals surface area contributed by atoms with Crippen molar-refractivity contribution in [3.63, 3.8) is 0 Å². The fraction of sp³-hybridized carbons (Fsp3) is 0.429. The Hall–Kier alpha value is -3.76. The molecule has 2 aromatic carbocycles. The average molecular weight is 516 g/mol. The number of aromatic amines is 1. The van der Waals surface area contributed by atoms with Crippen molar-refractivity contribution in [2.24, 2.45) is 0 Å². The molecular formula is C28H33N7O3. The van der Waals surface area contributed by atoms with E-state index in [2.05, 4.69) is 75.3 Å². The summed E-state index contributed by atoms with van der Waals surface area (Å²) in [5.41, 5.74) is 2.17. The standard InChI is InChI=1S/C28H33N7O3/c1-4-28(2,3)35-26(30-31-32-35)25(34-12-10-33(11-13-34)17-19-8-6-5-7-9-19)21-14-20-15-23-24(38-18-37-23)16-22(20)29-27(21)36/h5-9,14-16,25H,4,10-13,17-18H2,1-3H3,(H,29,36). The van der Waals surface area contributed by atoms with Gasteiger partial charge in [0, 0.05) is 49.7 Å². The first-order valence-electron chi connectivity index (χ1n) is 13.2. The number of rotatable bonds is 7. The van der Waals surface area contributed by atoms with Gasteiger partial charge in [-0.1, -0.05) is 37.3 Å². The molecule has 0 aliphatic carbocycles. The summed E-state index contributed by atoms with van der Waals surface area (Å²) in [6, 6.07) is 15.8. The summed E-state index contributed by atoms with van der Waals surface area (Å²) in [5, 5.41) is 13.8. The first kappa shape index (κ1) is 24.6. The second-order valence-electron chi connectivity index (χ2n) is 10.7. The molecule has 10 nitrogen and oxygen atoms in total. The maximum absolute atomic E-state index is 13.6. The van der Waals surface area contributed by atoms with Crippen molar-refractivity contribution < 1.29 is 9.47 Å². The van der Waals surface area contributed by atoms with Gasteiger partial charge in [0.05, 0.1) is 11.1 Å². The van der Waals surface area contributed by atoms with Crippen LogP contribution in [-0.4, -0.2) is 68.0 Å². The van der Waals surface area contributed by atoms with Gasteiger partial charge in [0.25, 0.3) is 5.56 Å². The number of fused-ring (bicyclic) bond motifs is 2. The maximum Gasteiger partial charge on any atom is 0.253 e. The normalized spacial score (nSPS) is 17.2. The fourth-order valence-corrected chi connectivity index (χ4v) is 5.28. The first-order chi connectivity index (χ1) is 18.4. The van der Waals surface area contributed by atoms with Crippen molar-refractivity contribution in [3.05, 3.63) is 75.8 Å². The third-order valence-corrected chi connectivity index (χ3v) is 7.86. The summed E-state index contributed by atoms with van der Waals surface area (Å²) in [7, 11) is 0. The van der Waals surface area contributed by atoms with Crippen LogP contribution in [0.2, 0.25) is 0 Å². The van der Waals surface area contributed by atoms with Crippen LogP contribution in [0, 0.1) is 0 Å². The van der Waals surface area contributed by atoms with E-state index in [1.165, 1.54) is 5.56 Å². The Morgan fingerprint density at radius 2 is 1.76 bits per heavy atom. The quantitative estimate of drug-likeness (QED) is 0.400. The molecule has 0 radical (unpaired) electrons. The summed E-state index contributed by atoms with van der Waals surface area (Å²) in [4.78, 5) is 21.5. The van der Waals surface area contributed by atoms with Gasteiger partial charge < -0.3 is 14.5 Å². The van der Waals surface area contributed by atoms with Crippen LogP contribution in [0.5, 0.6) is 11.5 Å². The van der Waals surface area contributed by atoms with Crippen LogP contribution in [0.3, 0.4) is 0 Å². The summed E-state index contributed by atoms with van der Waals surface area (Å²) in [6.45, 7) is 10.8. The third kappa shape index (κ3) is 4.54. The minimum atomic E-state index is -0.395. The van der Waals surface area contributed by atoms with Crippen molar-refractivity contribution in [1.29, 1.82) is 0 Å². The van der Waals surface area contributed by atoms with Crippen LogP contribution >= 0.6 is 0 Å². The van der Waals surface area contributed by atoms with Gasteiger partial charge in [-0.15, -0.1) is 5.10 Å². The number of ether oxygens (including phenoxy) is 2. The summed E-state index contributed by atoms with van der Waals surface area (Å²) in [5.74, 6) is 2.00. The Morgan fingerprint density at radius 1 is 1.03 bits per heavy atom. The van der Waals surface area contributed by atoms with Gasteiger partial charge in [0.1, 0.15) is 6.04 Å². The van der Waals surface area contributed by atoms with Crippen molar-refractivity contribution in [2.45, 2.75) is 45.3 Å². The number of nitrogens with one attached hydrogen (secondary N) is 1. The molecule has 1 N–H and O–H groups in total. The molecule has 1 unspecified atom stereocenters. The van der Waals surface area contributed by atoms with Gasteiger partial charge in [-0.05, 0) is 48.4 Å². The summed E-state index contributed by atoms with van der Waals surface area (Å²) >= 11 is 0. The molecule has 0 saturated carbocycles. The van der Waals surface area contributed by atoms with E-state index in [1.807, 2.05) is 28.9 Å². The summed E-state index contributed by atoms with van der Waals surface area (Å²) < 4.78 is 13.0. The topological polar surface area (TPSA) is 101 Å². The number of nitrogens with zero attached hydrogens (tertiary/aromatic N) is 6. The number of hydrogen-bond donors (Lipinski definition) is 1. The number of tetrazole rings is 1. The van der Waals surface area contributed by atoms with Gasteiger partial charge >= 0.3 is 0 Å². The van der Waals surface area contributed by atoms with E-state index in [0.717, 1.165) is 44.5 Å². The molecule has 2 aromatic heterocycles. The van der Waals surface area contributed by atoms with Crippen LogP contribution < -0.4 is 15.0 Å². The highest BCUT2D eigenvalue weighted by Crippen LogP contribution is 2.37. The molecule has 38 heavy (non-hydrogen) atoms. The number of piperazine rings is 1. The second kappa shape index (κ2) is 9.85. The molecular weight excluding hydrogens is 482 g/mol. The largest absolute Gasteiger partial charge is 0.454 e. The molecule has 0 spiro atoms. The lowest BCUT2D eigenvalue weighted by Crippen LogP contribution is -2.49. The molecule has 10 heteroatoms. The molecule has 2 aliphatic rings. The fourth-order valence-electron chi connectivity index (χ4n) is 5.28. The van der Waals surface area contributed by atoms with Crippen LogP contribution in [0.25, 0.3) is 10.9 Å². The van der Waals surface area contributed by atoms with E-state index in [4.69, 9.17) is 9.47 Å². The number of H-pyrrole nitrogens is 1. The van der Waals surface area contributed by atoms with E-state index in [-0.39, 0.29) is 17.9 Å². The van der Waals surface area contributed by atoms with Crippen LogP contribution in [0.4, 0.5) is 0 Å². The van der Waals surface area contributed by atoms with E-state index >= 15 is 0 Å². The zero-order valence-corrected chi connectivity index (χ0v) is 22.1. The van der Waals surface area contributed by atoms with Crippen molar-refractivity contribution in [1.82, 2.24) is 35.0 Å². The molecule has 0 bridgehead atoms. The predicted molar refractivity (Wildman–Crippen MR) is 143 cm³/mol. The first-order valence-corrected chi connectivity index (χ1v) is 13.2. The lowest BCUT2D eigenvalue weighted by molar-refractivity contribution is 0.0968. The summed E-state index contributed by atoms with van der Waals surface area (Å²) in [6.07, 6.45) is 0.847. The minimum Gasteiger partial charge on any atom is -0.454 e. The van der Waals surface area contributed by atoms with Crippen LogP contribution in [0.15, 0.2) is 53.3 Å². The monoisotopic (exact) mass is 515 g/mol.